The summed E-state index contributed by atoms with van der Waals surface area (Å²) in [5, 5.41) is 11.7. The molecule has 2 aromatic carbocycles. The first-order valence-electron chi connectivity index (χ1n) is 10.9. The summed E-state index contributed by atoms with van der Waals surface area (Å²) in [5.74, 6) is 0.586. The number of benzene rings is 2. The number of piperazine rings is 1. The lowest BCUT2D eigenvalue weighted by molar-refractivity contribution is -0.258. The van der Waals surface area contributed by atoms with E-state index in [1.807, 2.05) is 35.2 Å². The van der Waals surface area contributed by atoms with E-state index in [-0.39, 0.29) is 24.7 Å². The molecule has 11 heteroatoms. The van der Waals surface area contributed by atoms with Gasteiger partial charge in [-0.2, -0.15) is 17.5 Å². The summed E-state index contributed by atoms with van der Waals surface area (Å²) in [4.78, 5) is 3.07. The Morgan fingerprint density at radius 1 is 1.03 bits per heavy atom. The Balaban J connectivity index is 1.58. The van der Waals surface area contributed by atoms with Crippen molar-refractivity contribution in [2.45, 2.75) is 33.8 Å². The highest BCUT2D eigenvalue weighted by atomic mass is 32.2. The van der Waals surface area contributed by atoms with Crippen LogP contribution in [0.1, 0.15) is 12.5 Å². The van der Waals surface area contributed by atoms with Crippen LogP contribution in [0.3, 0.4) is 0 Å². The molecule has 1 unspecified atom stereocenters. The molecule has 0 aliphatic carbocycles. The van der Waals surface area contributed by atoms with Crippen LogP contribution >= 0.6 is 23.1 Å². The molecule has 4 rings (SSSR count). The number of thiophene rings is 1. The van der Waals surface area contributed by atoms with Gasteiger partial charge in [0.25, 0.3) is 10.0 Å². The van der Waals surface area contributed by atoms with Gasteiger partial charge in [-0.1, -0.05) is 36.4 Å². The monoisotopic (exact) mass is 542 g/mol. The maximum absolute atomic E-state index is 13.2. The molecule has 0 bridgehead atoms. The Kier molecular flexibility index (Phi) is 7.54. The topological polar surface area (TPSA) is 60.9 Å². The van der Waals surface area contributed by atoms with Gasteiger partial charge in [0.05, 0.1) is 6.04 Å². The van der Waals surface area contributed by atoms with E-state index in [1.165, 1.54) is 27.8 Å². The third-order valence-electron chi connectivity index (χ3n) is 6.03. The second-order valence-electron chi connectivity index (χ2n) is 8.38. The van der Waals surface area contributed by atoms with E-state index < -0.39 is 21.8 Å². The van der Waals surface area contributed by atoms with Crippen LogP contribution in [0.5, 0.6) is 0 Å². The van der Waals surface area contributed by atoms with Crippen LogP contribution < -0.4 is 4.90 Å². The second kappa shape index (κ2) is 10.1. The molecule has 5 nitrogen and oxygen atoms in total. The number of hydrogen-bond acceptors (Lipinski definition) is 6. The molecule has 3 aromatic rings. The summed E-state index contributed by atoms with van der Waals surface area (Å²) in [6.07, 6.45) is -4.80. The Hall–Kier alpha value is -2.05. The number of halogens is 3. The number of hydrogen-bond donors (Lipinski definition) is 1. The van der Waals surface area contributed by atoms with Crippen molar-refractivity contribution < 1.29 is 26.7 Å². The quantitative estimate of drug-likeness (QED) is 0.417. The first kappa shape index (κ1) is 26.0. The normalized spacial score (nSPS) is 19.5. The Labute approximate surface area is 211 Å². The highest BCUT2D eigenvalue weighted by Gasteiger charge is 2.51. The van der Waals surface area contributed by atoms with Crippen molar-refractivity contribution in [3.8, 4) is 0 Å². The molecule has 1 aromatic heterocycles. The van der Waals surface area contributed by atoms with Crippen LogP contribution in [0.25, 0.3) is 0 Å². The van der Waals surface area contributed by atoms with E-state index in [9.17, 15) is 26.7 Å². The molecule has 0 spiro atoms. The van der Waals surface area contributed by atoms with Crippen molar-refractivity contribution in [3.05, 3.63) is 77.7 Å². The Morgan fingerprint density at radius 2 is 1.71 bits per heavy atom. The van der Waals surface area contributed by atoms with Crippen LogP contribution in [0.4, 0.5) is 18.9 Å². The van der Waals surface area contributed by atoms with Gasteiger partial charge in [0.1, 0.15) is 4.21 Å². The van der Waals surface area contributed by atoms with Crippen molar-refractivity contribution in [1.29, 1.82) is 0 Å². The van der Waals surface area contributed by atoms with Gasteiger partial charge in [-0.25, -0.2) is 8.42 Å². The Bertz CT molecular complexity index is 1220. The number of alkyl halides is 3. The fraction of sp³-hybridized carbons (Fsp3) is 0.333. The van der Waals surface area contributed by atoms with Crippen molar-refractivity contribution in [2.75, 3.05) is 30.3 Å². The van der Waals surface area contributed by atoms with E-state index in [0.717, 1.165) is 11.8 Å². The summed E-state index contributed by atoms with van der Waals surface area (Å²) in [7, 11) is -3.62. The fourth-order valence-corrected chi connectivity index (χ4v) is 7.55. The predicted octanol–water partition coefficient (Wildman–Crippen LogP) is 5.19. The molecule has 1 saturated heterocycles. The number of sulfonamides is 1. The van der Waals surface area contributed by atoms with Gasteiger partial charge in [0, 0.05) is 36.0 Å². The lowest BCUT2D eigenvalue weighted by Crippen LogP contribution is -2.55. The average Bonchev–Trinajstić information content (AvgIpc) is 3.39. The van der Waals surface area contributed by atoms with Crippen molar-refractivity contribution in [3.63, 3.8) is 0 Å². The van der Waals surface area contributed by atoms with Crippen molar-refractivity contribution >= 4 is 38.8 Å². The van der Waals surface area contributed by atoms with E-state index in [2.05, 4.69) is 0 Å². The largest absolute Gasteiger partial charge is 0.421 e. The maximum atomic E-state index is 13.2. The van der Waals surface area contributed by atoms with Gasteiger partial charge in [-0.15, -0.1) is 23.1 Å². The van der Waals surface area contributed by atoms with Crippen LogP contribution in [0.15, 0.2) is 81.2 Å². The molecule has 35 heavy (non-hydrogen) atoms. The lowest BCUT2D eigenvalue weighted by atomic mass is 9.95. The third-order valence-corrected chi connectivity index (χ3v) is 10.4. The Morgan fingerprint density at radius 3 is 2.31 bits per heavy atom. The van der Waals surface area contributed by atoms with Gasteiger partial charge in [0.15, 0.2) is 5.60 Å². The van der Waals surface area contributed by atoms with Crippen LogP contribution in [-0.2, 0) is 15.6 Å². The lowest BCUT2D eigenvalue weighted by Gasteiger charge is -2.42. The zero-order chi connectivity index (χ0) is 25.3. The smallest absolute Gasteiger partial charge is 0.376 e. The summed E-state index contributed by atoms with van der Waals surface area (Å²) in [6.45, 7) is 1.63. The minimum atomic E-state index is -4.80. The minimum absolute atomic E-state index is 0.210. The molecular weight excluding hydrogens is 517 g/mol. The average molecular weight is 543 g/mol. The van der Waals surface area contributed by atoms with E-state index in [1.54, 1.807) is 41.4 Å². The molecule has 1 aliphatic rings. The molecule has 188 valence electrons. The zero-order valence-electron chi connectivity index (χ0n) is 18.9. The predicted molar refractivity (Wildman–Crippen MR) is 133 cm³/mol. The standard InChI is InChI=1S/C24H25F3N2O3S3/c1-23(30,24(25,26)27)18-9-11-19(12-10-18)29-14-13-28(35(31,32)22-8-5-15-33-22)16-20(29)17-34-21-6-3-2-4-7-21/h2-12,15,20,30H,13-14,16-17H2,1H3/t20-,23?/m1/s1. The molecular formula is C24H25F3N2O3S3. The van der Waals surface area contributed by atoms with Crippen LogP contribution in [0, 0.1) is 0 Å². The highest BCUT2D eigenvalue weighted by Crippen LogP contribution is 2.39. The first-order chi connectivity index (χ1) is 16.5. The van der Waals surface area contributed by atoms with Crippen molar-refractivity contribution in [1.82, 2.24) is 4.31 Å². The van der Waals surface area contributed by atoms with E-state index in [0.29, 0.717) is 22.2 Å². The van der Waals surface area contributed by atoms with Crippen LogP contribution in [0.2, 0.25) is 0 Å². The molecule has 2 atom stereocenters. The third kappa shape index (κ3) is 5.54. The molecule has 1 fully saturated rings. The van der Waals surface area contributed by atoms with Crippen LogP contribution in [-0.4, -0.2) is 55.4 Å². The molecule has 0 amide bonds. The number of thioether (sulfide) groups is 1. The van der Waals surface area contributed by atoms with Gasteiger partial charge in [-0.3, -0.25) is 0 Å². The highest BCUT2D eigenvalue weighted by molar-refractivity contribution is 7.99. The van der Waals surface area contributed by atoms with Gasteiger partial charge in [-0.05, 0) is 48.2 Å². The van der Waals surface area contributed by atoms with Gasteiger partial charge in [0.2, 0.25) is 0 Å². The first-order valence-corrected chi connectivity index (χ1v) is 14.2. The van der Waals surface area contributed by atoms with Gasteiger partial charge < -0.3 is 10.0 Å². The molecule has 2 heterocycles. The summed E-state index contributed by atoms with van der Waals surface area (Å²) < 4.78 is 67.8. The molecule has 0 radical (unpaired) electrons. The molecule has 0 saturated carbocycles. The molecule has 1 N–H and O–H groups in total. The number of anilines is 1. The summed E-state index contributed by atoms with van der Waals surface area (Å²) >= 11 is 2.77. The molecule has 1 aliphatic heterocycles. The van der Waals surface area contributed by atoms with E-state index >= 15 is 0 Å². The number of aliphatic hydroxyl groups is 1. The maximum Gasteiger partial charge on any atom is 0.421 e. The number of nitrogens with zero attached hydrogens (tertiary/aromatic N) is 2. The fourth-order valence-electron chi connectivity index (χ4n) is 3.92. The second-order valence-corrected chi connectivity index (χ2v) is 12.6. The summed E-state index contributed by atoms with van der Waals surface area (Å²) in [6, 6.07) is 18.5. The number of rotatable bonds is 7. The van der Waals surface area contributed by atoms with Crippen molar-refractivity contribution in [2.24, 2.45) is 0 Å². The summed E-state index contributed by atoms with van der Waals surface area (Å²) in [5.41, 5.74) is -2.52. The van der Waals surface area contributed by atoms with E-state index in [4.69, 9.17) is 0 Å². The minimum Gasteiger partial charge on any atom is -0.376 e. The SMILES string of the molecule is CC(O)(c1ccc(N2CCN(S(=O)(=O)c3cccs3)C[C@@H]2CSc2ccccc2)cc1)C(F)(F)F. The zero-order valence-corrected chi connectivity index (χ0v) is 21.3. The van der Waals surface area contributed by atoms with Gasteiger partial charge >= 0.3 is 6.18 Å².